The van der Waals surface area contributed by atoms with Gasteiger partial charge in [-0.15, -0.1) is 0 Å². The van der Waals surface area contributed by atoms with Gasteiger partial charge in [0.15, 0.2) is 0 Å². The molecule has 4 heteroatoms. The van der Waals surface area contributed by atoms with Crippen LogP contribution in [0.5, 0.6) is 0 Å². The summed E-state index contributed by atoms with van der Waals surface area (Å²) in [5, 5.41) is 0. The molecule has 3 heterocycles. The van der Waals surface area contributed by atoms with Crippen molar-refractivity contribution >= 4 is 24.3 Å². The van der Waals surface area contributed by atoms with Crippen LogP contribution in [0.25, 0.3) is 24.3 Å². The average Bonchev–Trinajstić information content (AvgIpc) is 3.12. The summed E-state index contributed by atoms with van der Waals surface area (Å²) < 4.78 is 4.11. The van der Waals surface area contributed by atoms with Gasteiger partial charge in [-0.3, -0.25) is 9.97 Å². The monoisotopic (exact) mass is 290 g/mol. The van der Waals surface area contributed by atoms with E-state index in [4.69, 9.17) is 0 Å². The van der Waals surface area contributed by atoms with Crippen LogP contribution < -0.4 is 0 Å². The van der Waals surface area contributed by atoms with Gasteiger partial charge in [-0.1, -0.05) is 0 Å². The maximum atomic E-state index is 4.41. The third-order valence-corrected chi connectivity index (χ3v) is 3.51. The van der Waals surface area contributed by atoms with Crippen LogP contribution in [0.15, 0.2) is 49.1 Å². The van der Waals surface area contributed by atoms with E-state index >= 15 is 0 Å². The van der Waals surface area contributed by atoms with Crippen LogP contribution in [-0.4, -0.2) is 19.1 Å². The molecule has 3 rings (SSSR count). The molecule has 0 saturated carbocycles. The lowest BCUT2D eigenvalue weighted by Gasteiger charge is -1.98. The summed E-state index contributed by atoms with van der Waals surface area (Å²) in [6.07, 6.45) is 15.6. The number of hydrogen-bond acceptors (Lipinski definition) is 2. The molecule has 0 radical (unpaired) electrons. The van der Waals surface area contributed by atoms with Crippen molar-refractivity contribution in [2.24, 2.45) is 14.1 Å². The second-order valence-corrected chi connectivity index (χ2v) is 5.12. The summed E-state index contributed by atoms with van der Waals surface area (Å²) in [6.45, 7) is 0. The van der Waals surface area contributed by atoms with E-state index in [2.05, 4.69) is 31.2 Å². The van der Waals surface area contributed by atoms with Crippen molar-refractivity contribution in [3.05, 3.63) is 71.8 Å². The van der Waals surface area contributed by atoms with E-state index < -0.39 is 0 Å². The second-order valence-electron chi connectivity index (χ2n) is 5.12. The van der Waals surface area contributed by atoms with Crippen molar-refractivity contribution in [3.8, 4) is 0 Å². The molecule has 0 amide bonds. The molecule has 0 unspecified atom stereocenters. The normalized spacial score (nSPS) is 11.7. The van der Waals surface area contributed by atoms with Crippen LogP contribution in [0.1, 0.15) is 22.8 Å². The molecule has 0 atom stereocenters. The number of nitrogens with zero attached hydrogens (tertiary/aromatic N) is 4. The Morgan fingerprint density at radius 3 is 1.50 bits per heavy atom. The Labute approximate surface area is 130 Å². The van der Waals surface area contributed by atoms with Gasteiger partial charge in [-0.2, -0.15) is 0 Å². The highest BCUT2D eigenvalue weighted by molar-refractivity contribution is 5.68. The van der Waals surface area contributed by atoms with Gasteiger partial charge in [0.25, 0.3) is 0 Å². The molecule has 0 bridgehead atoms. The molecule has 3 aromatic heterocycles. The molecule has 0 aliphatic heterocycles. The highest BCUT2D eigenvalue weighted by Crippen LogP contribution is 2.08. The zero-order valence-electron chi connectivity index (χ0n) is 12.7. The molecule has 0 fully saturated rings. The molecular formula is C18H18N4. The Morgan fingerprint density at radius 2 is 1.18 bits per heavy atom. The predicted octanol–water partition coefficient (Wildman–Crippen LogP) is 3.49. The van der Waals surface area contributed by atoms with Gasteiger partial charge in [0.05, 0.1) is 23.8 Å². The highest BCUT2D eigenvalue weighted by Gasteiger charge is 1.95. The topological polar surface area (TPSA) is 35.6 Å². The fourth-order valence-corrected chi connectivity index (χ4v) is 2.16. The van der Waals surface area contributed by atoms with Crippen LogP contribution in [0.2, 0.25) is 0 Å². The first kappa shape index (κ1) is 14.1. The summed E-state index contributed by atoms with van der Waals surface area (Å²) >= 11 is 0. The lowest BCUT2D eigenvalue weighted by molar-refractivity contribution is 0.915. The Bertz CT molecular complexity index is 734. The Balaban J connectivity index is 1.70. The van der Waals surface area contributed by atoms with E-state index in [1.165, 1.54) is 0 Å². The van der Waals surface area contributed by atoms with E-state index in [9.17, 15) is 0 Å². The molecule has 0 aliphatic rings. The zero-order chi connectivity index (χ0) is 15.4. The van der Waals surface area contributed by atoms with E-state index in [0.717, 1.165) is 22.8 Å². The Morgan fingerprint density at radius 1 is 0.727 bits per heavy atom. The van der Waals surface area contributed by atoms with Gasteiger partial charge >= 0.3 is 0 Å². The van der Waals surface area contributed by atoms with E-state index in [1.54, 1.807) is 12.4 Å². The number of aromatic nitrogens is 4. The average molecular weight is 290 g/mol. The molecular weight excluding hydrogens is 272 g/mol. The smallest absolute Gasteiger partial charge is 0.0814 e. The van der Waals surface area contributed by atoms with Gasteiger partial charge in [0, 0.05) is 37.9 Å². The van der Waals surface area contributed by atoms with Crippen molar-refractivity contribution in [1.82, 2.24) is 19.1 Å². The van der Waals surface area contributed by atoms with E-state index in [1.807, 2.05) is 62.9 Å². The quantitative estimate of drug-likeness (QED) is 0.737. The highest BCUT2D eigenvalue weighted by atomic mass is 14.9. The minimum Gasteiger partial charge on any atom is -0.351 e. The fraction of sp³-hybridized carbons (Fsp3) is 0.111. The van der Waals surface area contributed by atoms with Gasteiger partial charge in [-0.05, 0) is 48.6 Å². The van der Waals surface area contributed by atoms with Crippen LogP contribution in [0.4, 0.5) is 0 Å². The fourth-order valence-electron chi connectivity index (χ4n) is 2.16. The van der Waals surface area contributed by atoms with Crippen LogP contribution in [0, 0.1) is 0 Å². The minimum atomic E-state index is 0.845. The number of hydrogen-bond donors (Lipinski definition) is 0. The third-order valence-electron chi connectivity index (χ3n) is 3.51. The van der Waals surface area contributed by atoms with E-state index in [0.29, 0.717) is 0 Å². The molecule has 3 aromatic rings. The number of rotatable bonds is 4. The van der Waals surface area contributed by atoms with Crippen molar-refractivity contribution in [1.29, 1.82) is 0 Å². The molecule has 0 saturated heterocycles. The lowest BCUT2D eigenvalue weighted by Crippen LogP contribution is -1.89. The summed E-state index contributed by atoms with van der Waals surface area (Å²) in [6, 6.07) is 8.15. The van der Waals surface area contributed by atoms with Crippen LogP contribution in [0.3, 0.4) is 0 Å². The van der Waals surface area contributed by atoms with Crippen molar-refractivity contribution in [3.63, 3.8) is 0 Å². The van der Waals surface area contributed by atoms with Crippen molar-refractivity contribution in [2.75, 3.05) is 0 Å². The zero-order valence-corrected chi connectivity index (χ0v) is 12.7. The number of aryl methyl sites for hydroxylation is 2. The van der Waals surface area contributed by atoms with E-state index in [-0.39, 0.29) is 0 Å². The van der Waals surface area contributed by atoms with Gasteiger partial charge in [0.2, 0.25) is 0 Å². The van der Waals surface area contributed by atoms with Crippen LogP contribution in [-0.2, 0) is 14.1 Å². The lowest BCUT2D eigenvalue weighted by atomic mass is 10.3. The van der Waals surface area contributed by atoms with Gasteiger partial charge < -0.3 is 9.13 Å². The van der Waals surface area contributed by atoms with Crippen molar-refractivity contribution in [2.45, 2.75) is 0 Å². The third kappa shape index (κ3) is 3.23. The SMILES string of the molecule is Cn1cccc1/C=C/c1cnc(/C=C/c2cccn2C)cn1. The van der Waals surface area contributed by atoms with Crippen LogP contribution >= 0.6 is 0 Å². The molecule has 4 nitrogen and oxygen atoms in total. The Kier molecular flexibility index (Phi) is 4.01. The molecule has 0 spiro atoms. The van der Waals surface area contributed by atoms with Gasteiger partial charge in [-0.25, -0.2) is 0 Å². The first-order valence-corrected chi connectivity index (χ1v) is 7.13. The first-order valence-electron chi connectivity index (χ1n) is 7.13. The summed E-state index contributed by atoms with van der Waals surface area (Å²) in [5.74, 6) is 0. The predicted molar refractivity (Wildman–Crippen MR) is 90.7 cm³/mol. The summed E-state index contributed by atoms with van der Waals surface area (Å²) in [4.78, 5) is 8.83. The molecule has 22 heavy (non-hydrogen) atoms. The molecule has 0 aromatic carbocycles. The molecule has 110 valence electrons. The largest absolute Gasteiger partial charge is 0.351 e. The molecule has 0 N–H and O–H groups in total. The maximum Gasteiger partial charge on any atom is 0.0814 e. The minimum absolute atomic E-state index is 0.845. The Hall–Kier alpha value is -2.88. The summed E-state index contributed by atoms with van der Waals surface area (Å²) in [7, 11) is 4.03. The molecule has 0 aliphatic carbocycles. The van der Waals surface area contributed by atoms with Gasteiger partial charge in [0.1, 0.15) is 0 Å². The first-order chi connectivity index (χ1) is 10.7. The summed E-state index contributed by atoms with van der Waals surface area (Å²) in [5.41, 5.74) is 3.96. The maximum absolute atomic E-state index is 4.41. The standard InChI is InChI=1S/C18H18N4/c1-21-11-3-5-17(21)9-7-15-13-20-16(14-19-15)8-10-18-6-4-12-22(18)2/h3-14H,1-2H3/b9-7+,10-8+. The second kappa shape index (κ2) is 6.26. The van der Waals surface area contributed by atoms with Crippen molar-refractivity contribution < 1.29 is 0 Å².